The molecule has 7 heteroatoms. The van der Waals surface area contributed by atoms with Crippen LogP contribution in [0.1, 0.15) is 18.2 Å². The fraction of sp³-hybridized carbons (Fsp3) is 0.462. The Bertz CT molecular complexity index is 537. The molecule has 0 N–H and O–H groups in total. The van der Waals surface area contributed by atoms with Crippen molar-refractivity contribution in [3.63, 3.8) is 0 Å². The molecule has 0 aromatic carbocycles. The quantitative estimate of drug-likeness (QED) is 0.609. The topological polar surface area (TPSA) is 64.4 Å². The number of ether oxygens (including phenoxy) is 1. The molecule has 6 nitrogen and oxygen atoms in total. The molecule has 0 radical (unpaired) electrons. The Labute approximate surface area is 122 Å². The van der Waals surface area contributed by atoms with Crippen molar-refractivity contribution in [3.05, 3.63) is 22.5 Å². The lowest BCUT2D eigenvalue weighted by Crippen LogP contribution is -2.31. The van der Waals surface area contributed by atoms with E-state index in [4.69, 9.17) is 16.3 Å². The minimum Gasteiger partial charge on any atom is -0.465 e. The number of nitrogens with zero attached hydrogens (tertiary/aromatic N) is 3. The zero-order valence-electron chi connectivity index (χ0n) is 12.0. The van der Waals surface area contributed by atoms with Gasteiger partial charge in [-0.2, -0.15) is 5.10 Å². The molecule has 0 aliphatic rings. The van der Waals surface area contributed by atoms with Crippen LogP contribution < -0.4 is 0 Å². The normalized spacial score (nSPS) is 10.8. The monoisotopic (exact) mass is 299 g/mol. The summed E-state index contributed by atoms with van der Waals surface area (Å²) in [5.74, 6) is -0.746. The fourth-order valence-corrected chi connectivity index (χ4v) is 1.83. The molecule has 20 heavy (non-hydrogen) atoms. The lowest BCUT2D eigenvalue weighted by Gasteiger charge is -2.13. The fourth-order valence-electron chi connectivity index (χ4n) is 1.60. The van der Waals surface area contributed by atoms with Crippen LogP contribution in [0.25, 0.3) is 6.08 Å². The van der Waals surface area contributed by atoms with Crippen molar-refractivity contribution in [1.82, 2.24) is 14.7 Å². The number of halogens is 1. The van der Waals surface area contributed by atoms with Gasteiger partial charge >= 0.3 is 5.97 Å². The van der Waals surface area contributed by atoms with E-state index in [1.54, 1.807) is 27.0 Å². The number of rotatable bonds is 5. The van der Waals surface area contributed by atoms with Crippen LogP contribution in [0.2, 0.25) is 5.15 Å². The Balaban J connectivity index is 2.70. The van der Waals surface area contributed by atoms with Gasteiger partial charge in [-0.05, 0) is 19.9 Å². The Morgan fingerprint density at radius 1 is 1.50 bits per heavy atom. The molecule has 0 atom stereocenters. The molecule has 0 saturated carbocycles. The number of aromatic nitrogens is 2. The van der Waals surface area contributed by atoms with E-state index in [9.17, 15) is 9.59 Å². The van der Waals surface area contributed by atoms with Crippen LogP contribution in [-0.4, -0.2) is 46.8 Å². The molecular formula is C13H18ClN3O3. The van der Waals surface area contributed by atoms with Gasteiger partial charge in [0.1, 0.15) is 11.7 Å². The summed E-state index contributed by atoms with van der Waals surface area (Å²) in [5.41, 5.74) is 1.42. The van der Waals surface area contributed by atoms with Gasteiger partial charge in [0.25, 0.3) is 0 Å². The second-order valence-corrected chi connectivity index (χ2v) is 4.60. The van der Waals surface area contributed by atoms with Gasteiger partial charge in [0.05, 0.1) is 12.3 Å². The van der Waals surface area contributed by atoms with Gasteiger partial charge in [-0.1, -0.05) is 11.6 Å². The summed E-state index contributed by atoms with van der Waals surface area (Å²) in [6, 6.07) is 0. The summed E-state index contributed by atoms with van der Waals surface area (Å²) >= 11 is 6.05. The summed E-state index contributed by atoms with van der Waals surface area (Å²) < 4.78 is 6.31. The first kappa shape index (κ1) is 16.2. The molecule has 0 aliphatic heterocycles. The van der Waals surface area contributed by atoms with E-state index in [-0.39, 0.29) is 12.5 Å². The highest BCUT2D eigenvalue weighted by molar-refractivity contribution is 6.31. The van der Waals surface area contributed by atoms with Crippen LogP contribution in [-0.2, 0) is 21.4 Å². The first-order valence-corrected chi connectivity index (χ1v) is 6.52. The average molecular weight is 300 g/mol. The lowest BCUT2D eigenvalue weighted by molar-refractivity contribution is -0.146. The number of carbonyl (C=O) groups is 2. The van der Waals surface area contributed by atoms with Crippen LogP contribution in [0, 0.1) is 6.92 Å². The van der Waals surface area contributed by atoms with E-state index in [1.165, 1.54) is 22.7 Å². The summed E-state index contributed by atoms with van der Waals surface area (Å²) in [6.07, 6.45) is 2.95. The third-order valence-corrected chi connectivity index (χ3v) is 3.08. The number of carbonyl (C=O) groups excluding carboxylic acids is 2. The summed E-state index contributed by atoms with van der Waals surface area (Å²) in [7, 11) is 3.25. The van der Waals surface area contributed by atoms with Crippen LogP contribution in [0.4, 0.5) is 0 Å². The van der Waals surface area contributed by atoms with Gasteiger partial charge in [0.2, 0.25) is 5.91 Å². The Morgan fingerprint density at radius 3 is 2.65 bits per heavy atom. The number of hydrogen-bond donors (Lipinski definition) is 0. The van der Waals surface area contributed by atoms with Gasteiger partial charge in [0.15, 0.2) is 0 Å². The molecule has 1 rings (SSSR count). The molecule has 1 heterocycles. The number of esters is 1. The number of hydrogen-bond acceptors (Lipinski definition) is 4. The highest BCUT2D eigenvalue weighted by Crippen LogP contribution is 2.19. The van der Waals surface area contributed by atoms with Crippen LogP contribution in [0.5, 0.6) is 0 Å². The van der Waals surface area contributed by atoms with Crippen molar-refractivity contribution >= 4 is 29.6 Å². The van der Waals surface area contributed by atoms with Gasteiger partial charge in [-0.3, -0.25) is 14.3 Å². The molecular weight excluding hydrogens is 282 g/mol. The number of likely N-dealkylation sites (N-methyl/N-ethyl adjacent to an activating group) is 1. The standard InChI is InChI=1S/C13H18ClN3O3/c1-5-20-12(19)8-16(3)11(18)7-6-10-9(2)15-17(4)13(10)14/h6-7H,5,8H2,1-4H3/b7-6+. The maximum Gasteiger partial charge on any atom is 0.325 e. The number of amides is 1. The van der Waals surface area contributed by atoms with Crippen molar-refractivity contribution in [2.24, 2.45) is 7.05 Å². The molecule has 1 amide bonds. The largest absolute Gasteiger partial charge is 0.465 e. The van der Waals surface area contributed by atoms with Crippen molar-refractivity contribution in [2.75, 3.05) is 20.2 Å². The van der Waals surface area contributed by atoms with Crippen LogP contribution in [0.15, 0.2) is 6.08 Å². The van der Waals surface area contributed by atoms with Crippen molar-refractivity contribution < 1.29 is 14.3 Å². The minimum atomic E-state index is -0.438. The van der Waals surface area contributed by atoms with Crippen molar-refractivity contribution in [1.29, 1.82) is 0 Å². The smallest absolute Gasteiger partial charge is 0.325 e. The average Bonchev–Trinajstić information content (AvgIpc) is 2.61. The lowest BCUT2D eigenvalue weighted by atomic mass is 10.2. The van der Waals surface area contributed by atoms with Gasteiger partial charge in [-0.15, -0.1) is 0 Å². The zero-order valence-corrected chi connectivity index (χ0v) is 12.8. The van der Waals surface area contributed by atoms with E-state index in [0.29, 0.717) is 17.3 Å². The Kier molecular flexibility index (Phi) is 5.76. The highest BCUT2D eigenvalue weighted by Gasteiger charge is 2.12. The van der Waals surface area contributed by atoms with E-state index >= 15 is 0 Å². The second kappa shape index (κ2) is 7.09. The second-order valence-electron chi connectivity index (χ2n) is 4.25. The van der Waals surface area contributed by atoms with Crippen molar-refractivity contribution in [3.8, 4) is 0 Å². The van der Waals surface area contributed by atoms with Crippen LogP contribution >= 0.6 is 11.6 Å². The van der Waals surface area contributed by atoms with Crippen LogP contribution in [0.3, 0.4) is 0 Å². The molecule has 110 valence electrons. The predicted octanol–water partition coefficient (Wildman–Crippen LogP) is 1.42. The highest BCUT2D eigenvalue weighted by atomic mass is 35.5. The Morgan fingerprint density at radius 2 is 2.15 bits per heavy atom. The molecule has 1 aromatic rings. The summed E-state index contributed by atoms with van der Waals surface area (Å²) in [4.78, 5) is 24.4. The first-order valence-electron chi connectivity index (χ1n) is 6.14. The third-order valence-electron chi connectivity index (χ3n) is 2.64. The molecule has 0 aliphatic carbocycles. The van der Waals surface area contributed by atoms with E-state index in [2.05, 4.69) is 5.10 Å². The van der Waals surface area contributed by atoms with E-state index in [1.807, 2.05) is 0 Å². The molecule has 1 aromatic heterocycles. The predicted molar refractivity (Wildman–Crippen MR) is 76.3 cm³/mol. The minimum absolute atomic E-state index is 0.0865. The maximum atomic E-state index is 11.8. The molecule has 0 saturated heterocycles. The molecule has 0 bridgehead atoms. The summed E-state index contributed by atoms with van der Waals surface area (Å²) in [5, 5.41) is 4.60. The Hall–Kier alpha value is -1.82. The van der Waals surface area contributed by atoms with Crippen molar-refractivity contribution in [2.45, 2.75) is 13.8 Å². The van der Waals surface area contributed by atoms with Gasteiger partial charge in [-0.25, -0.2) is 0 Å². The molecule has 0 unspecified atom stereocenters. The van der Waals surface area contributed by atoms with Gasteiger partial charge in [0, 0.05) is 25.7 Å². The van der Waals surface area contributed by atoms with E-state index < -0.39 is 5.97 Å². The number of aryl methyl sites for hydroxylation is 2. The van der Waals surface area contributed by atoms with E-state index in [0.717, 1.165) is 5.69 Å². The summed E-state index contributed by atoms with van der Waals surface area (Å²) in [6.45, 7) is 3.73. The molecule has 0 spiro atoms. The zero-order chi connectivity index (χ0) is 15.3. The maximum absolute atomic E-state index is 11.8. The third kappa shape index (κ3) is 4.09. The first-order chi connectivity index (χ1) is 9.36. The van der Waals surface area contributed by atoms with Gasteiger partial charge < -0.3 is 9.64 Å². The SMILES string of the molecule is CCOC(=O)CN(C)C(=O)/C=C/c1c(C)nn(C)c1Cl. The molecule has 0 fully saturated rings.